The van der Waals surface area contributed by atoms with Crippen LogP contribution in [0.4, 0.5) is 0 Å². The minimum Gasteiger partial charge on any atom is -0.493 e. The number of nitrogens with zero attached hydrogens (tertiary/aromatic N) is 1. The Morgan fingerprint density at radius 3 is 2.44 bits per heavy atom. The number of hydrogen-bond acceptors (Lipinski definition) is 4. The van der Waals surface area contributed by atoms with Gasteiger partial charge in [0.05, 0.1) is 20.8 Å². The Kier molecular flexibility index (Phi) is 9.93. The van der Waals surface area contributed by atoms with E-state index < -0.39 is 0 Å². The molecule has 150 valence electrons. The van der Waals surface area contributed by atoms with Crippen molar-refractivity contribution in [2.45, 2.75) is 32.7 Å². The number of aliphatic imine (C=N–C) groups is 1. The van der Waals surface area contributed by atoms with Crippen LogP contribution in [0, 0.1) is 0 Å². The second-order valence-electron chi connectivity index (χ2n) is 6.60. The fraction of sp³-hybridized carbons (Fsp3) is 0.450. The van der Waals surface area contributed by atoms with E-state index in [0.29, 0.717) is 6.54 Å². The van der Waals surface area contributed by atoms with Crippen LogP contribution in [0.15, 0.2) is 40.7 Å². The molecule has 0 amide bonds. The van der Waals surface area contributed by atoms with Gasteiger partial charge in [-0.2, -0.15) is 0 Å². The summed E-state index contributed by atoms with van der Waals surface area (Å²) in [5.41, 5.74) is 1.12. The number of hydrogen-bond donors (Lipinski definition) is 2. The summed E-state index contributed by atoms with van der Waals surface area (Å²) in [7, 11) is 3.28. The van der Waals surface area contributed by atoms with Gasteiger partial charge in [-0.1, -0.05) is 26.0 Å². The summed E-state index contributed by atoms with van der Waals surface area (Å²) >= 11 is 1.79. The molecule has 0 aliphatic rings. The maximum atomic E-state index is 5.36. The highest BCUT2D eigenvalue weighted by Crippen LogP contribution is 2.28. The SMILES string of the molecule is CCNC(=NCc1ccc(OC)c(OC)c1)NCC(C)(C)c1cccs1.I. The molecule has 1 aromatic heterocycles. The smallest absolute Gasteiger partial charge is 0.191 e. The number of rotatable bonds is 8. The zero-order valence-corrected chi connectivity index (χ0v) is 19.8. The molecule has 0 aliphatic carbocycles. The van der Waals surface area contributed by atoms with Crippen molar-refractivity contribution in [3.8, 4) is 11.5 Å². The molecule has 0 atom stereocenters. The van der Waals surface area contributed by atoms with Crippen molar-refractivity contribution in [1.82, 2.24) is 10.6 Å². The van der Waals surface area contributed by atoms with Gasteiger partial charge >= 0.3 is 0 Å². The molecule has 27 heavy (non-hydrogen) atoms. The van der Waals surface area contributed by atoms with Crippen LogP contribution in [0.25, 0.3) is 0 Å². The zero-order chi connectivity index (χ0) is 19.0. The molecule has 0 bridgehead atoms. The molecule has 1 aromatic carbocycles. The Hall–Kier alpha value is -1.48. The molecule has 5 nitrogen and oxygen atoms in total. The van der Waals surface area contributed by atoms with Gasteiger partial charge in [0.2, 0.25) is 0 Å². The molecule has 0 saturated carbocycles. The molecule has 7 heteroatoms. The fourth-order valence-corrected chi connectivity index (χ4v) is 3.40. The van der Waals surface area contributed by atoms with E-state index in [1.807, 2.05) is 18.2 Å². The number of methoxy groups -OCH3 is 2. The lowest BCUT2D eigenvalue weighted by Crippen LogP contribution is -2.43. The Labute approximate surface area is 183 Å². The number of halogens is 1. The number of nitrogens with one attached hydrogen (secondary N) is 2. The Balaban J connectivity index is 0.00000364. The topological polar surface area (TPSA) is 54.9 Å². The first-order chi connectivity index (χ1) is 12.5. The molecule has 0 saturated heterocycles. The van der Waals surface area contributed by atoms with Gasteiger partial charge in [-0.25, -0.2) is 4.99 Å². The van der Waals surface area contributed by atoms with Crippen molar-refractivity contribution in [3.63, 3.8) is 0 Å². The quantitative estimate of drug-likeness (QED) is 0.318. The van der Waals surface area contributed by atoms with Gasteiger partial charge in [0, 0.05) is 23.4 Å². The van der Waals surface area contributed by atoms with E-state index in [-0.39, 0.29) is 29.4 Å². The summed E-state index contributed by atoms with van der Waals surface area (Å²) in [6.07, 6.45) is 0. The summed E-state index contributed by atoms with van der Waals surface area (Å²) in [6.45, 7) is 8.74. The van der Waals surface area contributed by atoms with Crippen LogP contribution < -0.4 is 20.1 Å². The van der Waals surface area contributed by atoms with Crippen molar-refractivity contribution in [3.05, 3.63) is 46.2 Å². The molecular weight excluding hydrogens is 473 g/mol. The lowest BCUT2D eigenvalue weighted by molar-refractivity contribution is 0.354. The molecule has 0 radical (unpaired) electrons. The lowest BCUT2D eigenvalue weighted by atomic mass is 9.91. The van der Waals surface area contributed by atoms with Gasteiger partial charge in [0.15, 0.2) is 17.5 Å². The first kappa shape index (κ1) is 23.6. The van der Waals surface area contributed by atoms with Gasteiger partial charge in [0.1, 0.15) is 0 Å². The minimum atomic E-state index is 0. The molecule has 0 fully saturated rings. The standard InChI is InChI=1S/C20H29N3O2S.HI/c1-6-21-19(23-14-20(2,3)18-8-7-11-26-18)22-13-15-9-10-16(24-4)17(12-15)25-5;/h7-12H,6,13-14H2,1-5H3,(H2,21,22,23);1H. The van der Waals surface area contributed by atoms with Gasteiger partial charge in [-0.3, -0.25) is 0 Å². The second kappa shape index (κ2) is 11.4. The van der Waals surface area contributed by atoms with Gasteiger partial charge in [0.25, 0.3) is 0 Å². The van der Waals surface area contributed by atoms with Gasteiger partial charge in [-0.15, -0.1) is 35.3 Å². The Bertz CT molecular complexity index is 718. The van der Waals surface area contributed by atoms with Crippen LogP contribution in [0.1, 0.15) is 31.2 Å². The van der Waals surface area contributed by atoms with Gasteiger partial charge in [-0.05, 0) is 36.1 Å². The third-order valence-electron chi connectivity index (χ3n) is 4.10. The van der Waals surface area contributed by atoms with E-state index in [1.54, 1.807) is 25.6 Å². The highest BCUT2D eigenvalue weighted by Gasteiger charge is 2.21. The highest BCUT2D eigenvalue weighted by molar-refractivity contribution is 14.0. The van der Waals surface area contributed by atoms with Crippen molar-refractivity contribution < 1.29 is 9.47 Å². The molecule has 2 N–H and O–H groups in total. The number of ether oxygens (including phenoxy) is 2. The monoisotopic (exact) mass is 503 g/mol. The first-order valence-corrected chi connectivity index (χ1v) is 9.65. The lowest BCUT2D eigenvalue weighted by Gasteiger charge is -2.25. The van der Waals surface area contributed by atoms with Crippen LogP contribution in [0.5, 0.6) is 11.5 Å². The second-order valence-corrected chi connectivity index (χ2v) is 7.55. The summed E-state index contributed by atoms with van der Waals surface area (Å²) in [4.78, 5) is 6.06. The van der Waals surface area contributed by atoms with E-state index in [9.17, 15) is 0 Å². The van der Waals surface area contributed by atoms with Crippen LogP contribution >= 0.6 is 35.3 Å². The molecule has 2 rings (SSSR count). The number of guanidine groups is 1. The first-order valence-electron chi connectivity index (χ1n) is 8.77. The zero-order valence-electron chi connectivity index (χ0n) is 16.7. The number of benzene rings is 1. The Morgan fingerprint density at radius 2 is 1.85 bits per heavy atom. The number of thiophene rings is 1. The van der Waals surface area contributed by atoms with Crippen molar-refractivity contribution in [2.24, 2.45) is 4.99 Å². The van der Waals surface area contributed by atoms with Crippen LogP contribution in [-0.2, 0) is 12.0 Å². The van der Waals surface area contributed by atoms with E-state index in [1.165, 1.54) is 4.88 Å². The summed E-state index contributed by atoms with van der Waals surface area (Å²) in [6, 6.07) is 10.1. The third kappa shape index (κ3) is 6.88. The van der Waals surface area contributed by atoms with Crippen molar-refractivity contribution in [2.75, 3.05) is 27.3 Å². The van der Waals surface area contributed by atoms with Gasteiger partial charge < -0.3 is 20.1 Å². The predicted octanol–water partition coefficient (Wildman–Crippen LogP) is 4.42. The molecule has 2 aromatic rings. The molecule has 0 spiro atoms. The van der Waals surface area contributed by atoms with Crippen molar-refractivity contribution >= 4 is 41.3 Å². The average Bonchev–Trinajstić information content (AvgIpc) is 3.19. The van der Waals surface area contributed by atoms with Crippen LogP contribution in [-0.4, -0.2) is 33.3 Å². The van der Waals surface area contributed by atoms with E-state index in [2.05, 4.69) is 48.9 Å². The summed E-state index contributed by atoms with van der Waals surface area (Å²) in [5.74, 6) is 2.26. The fourth-order valence-electron chi connectivity index (χ4n) is 2.55. The highest BCUT2D eigenvalue weighted by atomic mass is 127. The third-order valence-corrected chi connectivity index (χ3v) is 5.33. The van der Waals surface area contributed by atoms with Crippen molar-refractivity contribution in [1.29, 1.82) is 0 Å². The summed E-state index contributed by atoms with van der Waals surface area (Å²) in [5, 5.41) is 8.89. The minimum absolute atomic E-state index is 0. The van der Waals surface area contributed by atoms with E-state index in [4.69, 9.17) is 14.5 Å². The predicted molar refractivity (Wildman–Crippen MR) is 125 cm³/mol. The molecule has 1 heterocycles. The normalized spacial score (nSPS) is 11.5. The average molecular weight is 503 g/mol. The van der Waals surface area contributed by atoms with E-state index in [0.717, 1.165) is 36.1 Å². The Morgan fingerprint density at radius 1 is 1.11 bits per heavy atom. The molecule has 0 unspecified atom stereocenters. The van der Waals surface area contributed by atoms with Crippen LogP contribution in [0.3, 0.4) is 0 Å². The molecular formula is C20H30IN3O2S. The van der Waals surface area contributed by atoms with Crippen LogP contribution in [0.2, 0.25) is 0 Å². The maximum Gasteiger partial charge on any atom is 0.191 e. The summed E-state index contributed by atoms with van der Waals surface area (Å²) < 4.78 is 10.6. The van der Waals surface area contributed by atoms with E-state index >= 15 is 0 Å². The molecule has 0 aliphatic heterocycles. The largest absolute Gasteiger partial charge is 0.493 e. The maximum absolute atomic E-state index is 5.36.